The number of aromatic nitrogens is 2. The molecule has 0 bridgehead atoms. The van der Waals surface area contributed by atoms with Crippen LogP contribution in [-0.4, -0.2) is 49.5 Å². The van der Waals surface area contributed by atoms with E-state index in [1.165, 1.54) is 25.3 Å². The van der Waals surface area contributed by atoms with Gasteiger partial charge in [0.1, 0.15) is 5.54 Å². The van der Waals surface area contributed by atoms with Crippen LogP contribution in [0.1, 0.15) is 60.6 Å². The van der Waals surface area contributed by atoms with Gasteiger partial charge in [-0.25, -0.2) is 13.2 Å². The SMILES string of the molecule is COC(=O)c1ccccc1S(=O)(=O)N[C@@](C)(Cc1c[nH]c2ccccc12)C(=O)NCC1(c2ccccn2)CCCCC1. The lowest BCUT2D eigenvalue weighted by atomic mass is 9.71. The molecule has 0 unspecified atom stereocenters. The molecule has 5 rings (SSSR count). The molecule has 1 aliphatic carbocycles. The van der Waals surface area contributed by atoms with Gasteiger partial charge >= 0.3 is 5.97 Å². The number of nitrogens with zero attached hydrogens (tertiary/aromatic N) is 1. The molecule has 1 amide bonds. The van der Waals surface area contributed by atoms with Gasteiger partial charge < -0.3 is 15.0 Å². The first kappa shape index (κ1) is 29.5. The third kappa shape index (κ3) is 5.96. The van der Waals surface area contributed by atoms with Crippen molar-refractivity contribution >= 4 is 32.8 Å². The number of pyridine rings is 1. The van der Waals surface area contributed by atoms with Gasteiger partial charge in [0.15, 0.2) is 0 Å². The second-order valence-corrected chi connectivity index (χ2v) is 12.9. The zero-order chi connectivity index (χ0) is 29.8. The Morgan fingerprint density at radius 1 is 1.00 bits per heavy atom. The van der Waals surface area contributed by atoms with Crippen molar-refractivity contribution in [3.8, 4) is 0 Å². The summed E-state index contributed by atoms with van der Waals surface area (Å²) < 4.78 is 35.2. The number of sulfonamides is 1. The second-order valence-electron chi connectivity index (χ2n) is 11.2. The van der Waals surface area contributed by atoms with E-state index >= 15 is 0 Å². The van der Waals surface area contributed by atoms with Crippen LogP contribution in [0.5, 0.6) is 0 Å². The molecular formula is C32H36N4O5S. The second kappa shape index (κ2) is 12.1. The summed E-state index contributed by atoms with van der Waals surface area (Å²) >= 11 is 0. The number of carbonyl (C=O) groups excluding carboxylic acids is 2. The Balaban J connectivity index is 1.50. The monoisotopic (exact) mass is 588 g/mol. The van der Waals surface area contributed by atoms with Crippen molar-refractivity contribution in [2.75, 3.05) is 13.7 Å². The van der Waals surface area contributed by atoms with Gasteiger partial charge in [-0.3, -0.25) is 9.78 Å². The zero-order valence-electron chi connectivity index (χ0n) is 23.9. The molecule has 0 saturated heterocycles. The molecule has 42 heavy (non-hydrogen) atoms. The summed E-state index contributed by atoms with van der Waals surface area (Å²) in [5, 5.41) is 4.00. The lowest BCUT2D eigenvalue weighted by Crippen LogP contribution is -2.59. The summed E-state index contributed by atoms with van der Waals surface area (Å²) in [4.78, 5) is 34.2. The fourth-order valence-electron chi connectivity index (χ4n) is 6.03. The molecule has 1 saturated carbocycles. The predicted molar refractivity (Wildman–Crippen MR) is 161 cm³/mol. The number of fused-ring (bicyclic) bond motifs is 1. The fraction of sp³-hybridized carbons (Fsp3) is 0.344. The third-order valence-corrected chi connectivity index (χ3v) is 9.92. The molecule has 1 fully saturated rings. The minimum atomic E-state index is -4.35. The summed E-state index contributed by atoms with van der Waals surface area (Å²) in [6, 6.07) is 19.3. The van der Waals surface area contributed by atoms with E-state index in [1.807, 2.05) is 42.5 Å². The molecule has 2 aromatic carbocycles. The Labute approximate surface area is 246 Å². The number of benzene rings is 2. The quantitative estimate of drug-likeness (QED) is 0.231. The number of aromatic amines is 1. The van der Waals surface area contributed by atoms with Gasteiger partial charge in [0.25, 0.3) is 0 Å². The van der Waals surface area contributed by atoms with E-state index in [0.717, 1.165) is 54.3 Å². The van der Waals surface area contributed by atoms with Gasteiger partial charge in [0, 0.05) is 47.4 Å². The molecule has 9 nitrogen and oxygen atoms in total. The molecule has 2 aromatic heterocycles. The van der Waals surface area contributed by atoms with E-state index in [2.05, 4.69) is 20.0 Å². The summed E-state index contributed by atoms with van der Waals surface area (Å²) in [6.07, 6.45) is 8.56. The molecule has 0 spiro atoms. The van der Waals surface area contributed by atoms with Crippen LogP contribution < -0.4 is 10.0 Å². The number of amides is 1. The van der Waals surface area contributed by atoms with E-state index in [-0.39, 0.29) is 22.3 Å². The number of ether oxygens (including phenoxy) is 1. The number of methoxy groups -OCH3 is 1. The van der Waals surface area contributed by atoms with Crippen LogP contribution in [0.4, 0.5) is 0 Å². The topological polar surface area (TPSA) is 130 Å². The molecule has 3 N–H and O–H groups in total. The van der Waals surface area contributed by atoms with Gasteiger partial charge in [-0.2, -0.15) is 4.72 Å². The van der Waals surface area contributed by atoms with E-state index < -0.39 is 27.4 Å². The first-order valence-electron chi connectivity index (χ1n) is 14.1. The minimum absolute atomic E-state index is 0.0685. The van der Waals surface area contributed by atoms with Gasteiger partial charge in [0.2, 0.25) is 15.9 Å². The zero-order valence-corrected chi connectivity index (χ0v) is 24.7. The molecule has 0 radical (unpaired) electrons. The number of H-pyrrole nitrogens is 1. The molecule has 1 atom stereocenters. The number of para-hydroxylation sites is 1. The summed E-state index contributed by atoms with van der Waals surface area (Å²) in [6.45, 7) is 1.91. The van der Waals surface area contributed by atoms with E-state index in [1.54, 1.807) is 25.4 Å². The van der Waals surface area contributed by atoms with Crippen molar-refractivity contribution in [1.29, 1.82) is 0 Å². The Hall–Kier alpha value is -4.02. The Morgan fingerprint density at radius 3 is 2.45 bits per heavy atom. The van der Waals surface area contributed by atoms with Crippen molar-refractivity contribution in [3.05, 3.63) is 95.9 Å². The molecule has 220 valence electrons. The number of hydrogen-bond acceptors (Lipinski definition) is 6. The fourth-order valence-corrected chi connectivity index (χ4v) is 7.59. The summed E-state index contributed by atoms with van der Waals surface area (Å²) in [7, 11) is -3.16. The van der Waals surface area contributed by atoms with Crippen LogP contribution in [0, 0.1) is 0 Å². The van der Waals surface area contributed by atoms with Crippen LogP contribution in [0.3, 0.4) is 0 Å². The first-order chi connectivity index (χ1) is 20.2. The van der Waals surface area contributed by atoms with Crippen LogP contribution in [0.25, 0.3) is 10.9 Å². The maximum atomic E-state index is 14.2. The van der Waals surface area contributed by atoms with Gasteiger partial charge in [-0.15, -0.1) is 0 Å². The number of esters is 1. The maximum Gasteiger partial charge on any atom is 0.339 e. The standard InChI is InChI=1S/C32H36N4O5S/c1-31(20-23-21-34-26-14-6-4-12-24(23)26,36-42(39,40)27-15-7-5-13-25(27)29(37)41-2)30(38)35-22-32(17-9-3-10-18-32)28-16-8-11-19-33-28/h4-8,11-16,19,21,34,36H,3,9-10,17-18,20,22H2,1-2H3,(H,35,38)/t31-/m0/s1. The van der Waals surface area contributed by atoms with E-state index in [9.17, 15) is 18.0 Å². The molecule has 4 aromatic rings. The highest BCUT2D eigenvalue weighted by Crippen LogP contribution is 2.38. The van der Waals surface area contributed by atoms with Gasteiger partial charge in [-0.05, 0) is 55.7 Å². The van der Waals surface area contributed by atoms with Gasteiger partial charge in [0.05, 0.1) is 17.6 Å². The normalized spacial score (nSPS) is 16.4. The first-order valence-corrected chi connectivity index (χ1v) is 15.6. The number of hydrogen-bond donors (Lipinski definition) is 3. The predicted octanol–water partition coefficient (Wildman–Crippen LogP) is 4.65. The van der Waals surface area contributed by atoms with E-state index in [4.69, 9.17) is 4.74 Å². The third-order valence-electron chi connectivity index (χ3n) is 8.27. The lowest BCUT2D eigenvalue weighted by Gasteiger charge is -2.38. The number of carbonyl (C=O) groups is 2. The molecule has 1 aliphatic rings. The van der Waals surface area contributed by atoms with Crippen molar-refractivity contribution in [3.63, 3.8) is 0 Å². The molecule has 0 aliphatic heterocycles. The maximum absolute atomic E-state index is 14.2. The van der Waals surface area contributed by atoms with Crippen molar-refractivity contribution in [1.82, 2.24) is 20.0 Å². The van der Waals surface area contributed by atoms with E-state index in [0.29, 0.717) is 6.54 Å². The van der Waals surface area contributed by atoms with Crippen LogP contribution in [0.15, 0.2) is 84.0 Å². The van der Waals surface area contributed by atoms with Crippen LogP contribution in [-0.2, 0) is 31.4 Å². The molecule has 2 heterocycles. The molecular weight excluding hydrogens is 552 g/mol. The lowest BCUT2D eigenvalue weighted by molar-refractivity contribution is -0.126. The summed E-state index contributed by atoms with van der Waals surface area (Å²) in [5.41, 5.74) is 0.532. The Bertz CT molecular complexity index is 1680. The summed E-state index contributed by atoms with van der Waals surface area (Å²) in [5.74, 6) is -1.25. The highest BCUT2D eigenvalue weighted by Gasteiger charge is 2.42. The highest BCUT2D eigenvalue weighted by molar-refractivity contribution is 7.89. The van der Waals surface area contributed by atoms with Gasteiger partial charge in [-0.1, -0.05) is 55.7 Å². The number of rotatable bonds is 10. The van der Waals surface area contributed by atoms with Crippen LogP contribution in [0.2, 0.25) is 0 Å². The molecule has 10 heteroatoms. The smallest absolute Gasteiger partial charge is 0.339 e. The van der Waals surface area contributed by atoms with Crippen molar-refractivity contribution < 1.29 is 22.7 Å². The van der Waals surface area contributed by atoms with Crippen molar-refractivity contribution in [2.45, 2.75) is 61.3 Å². The average molecular weight is 589 g/mol. The highest BCUT2D eigenvalue weighted by atomic mass is 32.2. The minimum Gasteiger partial charge on any atom is -0.465 e. The Kier molecular flexibility index (Phi) is 8.47. The van der Waals surface area contributed by atoms with Crippen molar-refractivity contribution in [2.24, 2.45) is 0 Å². The number of nitrogens with one attached hydrogen (secondary N) is 3. The largest absolute Gasteiger partial charge is 0.465 e. The Morgan fingerprint density at radius 2 is 1.71 bits per heavy atom. The average Bonchev–Trinajstić information content (AvgIpc) is 3.42. The van der Waals surface area contributed by atoms with Crippen LogP contribution >= 0.6 is 0 Å².